The van der Waals surface area contributed by atoms with E-state index in [9.17, 15) is 4.39 Å². The summed E-state index contributed by atoms with van der Waals surface area (Å²) in [7, 11) is 0. The molecule has 110 valence electrons. The van der Waals surface area contributed by atoms with E-state index in [1.54, 1.807) is 12.1 Å². The summed E-state index contributed by atoms with van der Waals surface area (Å²) in [5.74, 6) is 0.823. The topological polar surface area (TPSA) is 48.2 Å². The first-order valence-corrected chi connectivity index (χ1v) is 6.93. The van der Waals surface area contributed by atoms with E-state index in [4.69, 9.17) is 9.26 Å². The van der Waals surface area contributed by atoms with Gasteiger partial charge in [-0.1, -0.05) is 22.9 Å². The Hall–Kier alpha value is -2.01. The molecule has 1 saturated heterocycles. The third kappa shape index (κ3) is 2.61. The van der Waals surface area contributed by atoms with Gasteiger partial charge in [-0.2, -0.15) is 4.98 Å². The van der Waals surface area contributed by atoms with Gasteiger partial charge in [0.15, 0.2) is 5.82 Å². The molecule has 0 unspecified atom stereocenters. The molecule has 21 heavy (non-hydrogen) atoms. The van der Waals surface area contributed by atoms with Gasteiger partial charge in [-0.15, -0.1) is 0 Å². The van der Waals surface area contributed by atoms with Crippen LogP contribution in [0.4, 0.5) is 4.39 Å². The van der Waals surface area contributed by atoms with Crippen LogP contribution in [0.25, 0.3) is 6.08 Å². The van der Waals surface area contributed by atoms with Crippen molar-refractivity contribution in [3.63, 3.8) is 0 Å². The molecule has 0 spiro atoms. The molecule has 4 nitrogen and oxygen atoms in total. The zero-order chi connectivity index (χ0) is 14.9. The summed E-state index contributed by atoms with van der Waals surface area (Å²) < 4.78 is 24.0. The van der Waals surface area contributed by atoms with Crippen molar-refractivity contribution in [2.24, 2.45) is 0 Å². The van der Waals surface area contributed by atoms with Gasteiger partial charge in [-0.25, -0.2) is 4.39 Å². The lowest BCUT2D eigenvalue weighted by Crippen LogP contribution is -2.29. The highest BCUT2D eigenvalue weighted by atomic mass is 19.1. The predicted molar refractivity (Wildman–Crippen MR) is 76.2 cm³/mol. The second-order valence-corrected chi connectivity index (χ2v) is 5.57. The molecule has 2 heterocycles. The maximum Gasteiger partial charge on any atom is 0.250 e. The molecule has 0 saturated carbocycles. The first kappa shape index (κ1) is 13.9. The third-order valence-corrected chi connectivity index (χ3v) is 3.70. The Morgan fingerprint density at radius 3 is 2.67 bits per heavy atom. The van der Waals surface area contributed by atoms with Crippen molar-refractivity contribution in [2.45, 2.75) is 25.7 Å². The number of rotatable bonds is 3. The van der Waals surface area contributed by atoms with Crippen molar-refractivity contribution < 1.29 is 13.7 Å². The molecule has 2 aromatic rings. The monoisotopic (exact) mass is 288 g/mol. The van der Waals surface area contributed by atoms with Gasteiger partial charge in [0.05, 0.1) is 12.0 Å². The fourth-order valence-corrected chi connectivity index (χ4v) is 2.60. The minimum Gasteiger partial charge on any atom is -0.380 e. The van der Waals surface area contributed by atoms with Crippen molar-refractivity contribution in [1.29, 1.82) is 0 Å². The van der Waals surface area contributed by atoms with Crippen LogP contribution in [0, 0.1) is 5.82 Å². The number of hydrogen-bond acceptors (Lipinski definition) is 4. The van der Waals surface area contributed by atoms with E-state index < -0.39 is 5.41 Å². The minimum atomic E-state index is -0.453. The fourth-order valence-electron chi connectivity index (χ4n) is 2.60. The second-order valence-electron chi connectivity index (χ2n) is 5.57. The number of halogens is 1. The van der Waals surface area contributed by atoms with E-state index in [1.807, 2.05) is 19.9 Å². The van der Waals surface area contributed by atoms with Gasteiger partial charge in [0.25, 0.3) is 5.89 Å². The normalized spacial score (nSPS) is 21.5. The van der Waals surface area contributed by atoms with E-state index >= 15 is 0 Å². The van der Waals surface area contributed by atoms with Crippen LogP contribution in [0.15, 0.2) is 34.4 Å². The van der Waals surface area contributed by atoms with E-state index in [0.29, 0.717) is 24.9 Å². The highest BCUT2D eigenvalue weighted by molar-refractivity contribution is 5.43. The predicted octanol–water partition coefficient (Wildman–Crippen LogP) is 3.34. The van der Waals surface area contributed by atoms with Gasteiger partial charge in [-0.3, -0.25) is 0 Å². The van der Waals surface area contributed by atoms with Crippen molar-refractivity contribution in [3.8, 4) is 0 Å². The van der Waals surface area contributed by atoms with Gasteiger partial charge < -0.3 is 9.26 Å². The molecule has 1 aliphatic rings. The van der Waals surface area contributed by atoms with Crippen molar-refractivity contribution in [1.82, 2.24) is 10.1 Å². The SMILES string of the molecule is CC(C)=Cc1nc([C@@]2(c3ccc(F)cc3)CCOC2)no1. The Balaban J connectivity index is 2.03. The number of hydrogen-bond donors (Lipinski definition) is 0. The van der Waals surface area contributed by atoms with Crippen LogP contribution < -0.4 is 0 Å². The summed E-state index contributed by atoms with van der Waals surface area (Å²) in [4.78, 5) is 4.48. The highest BCUT2D eigenvalue weighted by Gasteiger charge is 2.42. The van der Waals surface area contributed by atoms with E-state index in [1.165, 1.54) is 12.1 Å². The van der Waals surface area contributed by atoms with Crippen LogP contribution in [0.5, 0.6) is 0 Å². The van der Waals surface area contributed by atoms with Crippen molar-refractivity contribution in [3.05, 3.63) is 52.9 Å². The molecule has 0 amide bonds. The van der Waals surface area contributed by atoms with Crippen molar-refractivity contribution >= 4 is 6.08 Å². The molecule has 1 atom stereocenters. The minimum absolute atomic E-state index is 0.258. The molecule has 1 aromatic carbocycles. The van der Waals surface area contributed by atoms with Crippen LogP contribution in [-0.2, 0) is 10.2 Å². The summed E-state index contributed by atoms with van der Waals surface area (Å²) in [5, 5.41) is 4.12. The Morgan fingerprint density at radius 1 is 1.29 bits per heavy atom. The molecular weight excluding hydrogens is 271 g/mol. The van der Waals surface area contributed by atoms with Gasteiger partial charge in [-0.05, 0) is 38.0 Å². The molecule has 0 radical (unpaired) electrons. The van der Waals surface area contributed by atoms with Crippen LogP contribution in [-0.4, -0.2) is 23.4 Å². The summed E-state index contributed by atoms with van der Waals surface area (Å²) in [5.41, 5.74) is 1.58. The fraction of sp³-hybridized carbons (Fsp3) is 0.375. The van der Waals surface area contributed by atoms with Crippen LogP contribution in [0.1, 0.15) is 37.5 Å². The average Bonchev–Trinajstić information content (AvgIpc) is 3.08. The second kappa shape index (κ2) is 5.41. The average molecular weight is 288 g/mol. The van der Waals surface area contributed by atoms with Gasteiger partial charge >= 0.3 is 0 Å². The standard InChI is InChI=1S/C16H17FN2O2/c1-11(2)9-14-18-15(19-21-14)16(7-8-20-10-16)12-3-5-13(17)6-4-12/h3-6,9H,7-8,10H2,1-2H3/t16-/m0/s1. The van der Waals surface area contributed by atoms with E-state index in [2.05, 4.69) is 10.1 Å². The molecule has 0 N–H and O–H groups in total. The summed E-state index contributed by atoms with van der Waals surface area (Å²) in [6.45, 7) is 5.05. The molecule has 1 aliphatic heterocycles. The van der Waals surface area contributed by atoms with E-state index in [-0.39, 0.29) is 5.82 Å². The molecular formula is C16H17FN2O2. The first-order valence-electron chi connectivity index (χ1n) is 6.93. The maximum atomic E-state index is 13.2. The van der Waals surface area contributed by atoms with Crippen molar-refractivity contribution in [2.75, 3.05) is 13.2 Å². The molecule has 3 rings (SSSR count). The Labute approximate surface area is 122 Å². The van der Waals surface area contributed by atoms with Gasteiger partial charge in [0, 0.05) is 12.7 Å². The van der Waals surface area contributed by atoms with E-state index in [0.717, 1.165) is 17.6 Å². The maximum absolute atomic E-state index is 13.2. The molecule has 1 fully saturated rings. The van der Waals surface area contributed by atoms with Crippen LogP contribution in [0.2, 0.25) is 0 Å². The molecule has 1 aromatic heterocycles. The third-order valence-electron chi connectivity index (χ3n) is 3.70. The highest BCUT2D eigenvalue weighted by Crippen LogP contribution is 2.38. The Morgan fingerprint density at radius 2 is 2.05 bits per heavy atom. The zero-order valence-corrected chi connectivity index (χ0v) is 12.1. The molecule has 0 aliphatic carbocycles. The van der Waals surface area contributed by atoms with Gasteiger partial charge in [0.2, 0.25) is 0 Å². The molecule has 0 bridgehead atoms. The van der Waals surface area contributed by atoms with Crippen LogP contribution >= 0.6 is 0 Å². The quantitative estimate of drug-likeness (QED) is 0.869. The summed E-state index contributed by atoms with van der Waals surface area (Å²) in [6, 6.07) is 6.43. The number of allylic oxidation sites excluding steroid dienone is 1. The Kier molecular flexibility index (Phi) is 3.59. The number of benzene rings is 1. The summed E-state index contributed by atoms with van der Waals surface area (Å²) >= 11 is 0. The molecule has 5 heteroatoms. The largest absolute Gasteiger partial charge is 0.380 e. The smallest absolute Gasteiger partial charge is 0.250 e. The number of ether oxygens (including phenoxy) is 1. The lowest BCUT2D eigenvalue weighted by atomic mass is 9.79. The Bertz CT molecular complexity index is 651. The lowest BCUT2D eigenvalue weighted by Gasteiger charge is -2.23. The van der Waals surface area contributed by atoms with Crippen LogP contribution in [0.3, 0.4) is 0 Å². The number of aromatic nitrogens is 2. The number of nitrogens with zero attached hydrogens (tertiary/aromatic N) is 2. The summed E-state index contributed by atoms with van der Waals surface area (Å²) in [6.07, 6.45) is 2.59. The zero-order valence-electron chi connectivity index (χ0n) is 12.1. The van der Waals surface area contributed by atoms with Gasteiger partial charge in [0.1, 0.15) is 5.82 Å². The lowest BCUT2D eigenvalue weighted by molar-refractivity contribution is 0.182. The first-order chi connectivity index (χ1) is 10.1.